The van der Waals surface area contributed by atoms with E-state index >= 15 is 0 Å². The summed E-state index contributed by atoms with van der Waals surface area (Å²) < 4.78 is 5.67. The molecule has 0 aliphatic carbocycles. The van der Waals surface area contributed by atoms with Crippen molar-refractivity contribution >= 4 is 0 Å². The summed E-state index contributed by atoms with van der Waals surface area (Å²) in [5.74, 6) is 0.836. The third-order valence-corrected chi connectivity index (χ3v) is 4.65. The minimum absolute atomic E-state index is 0.531. The molecule has 1 N–H and O–H groups in total. The highest BCUT2D eigenvalue weighted by Crippen LogP contribution is 2.20. The second-order valence-corrected chi connectivity index (χ2v) is 5.96. The zero-order chi connectivity index (χ0) is 12.8. The topological polar surface area (TPSA) is 24.5 Å². The molecule has 3 heteroatoms. The number of hydrogen-bond donors (Lipinski definition) is 1. The van der Waals surface area contributed by atoms with Gasteiger partial charge in [0.2, 0.25) is 0 Å². The van der Waals surface area contributed by atoms with Crippen LogP contribution >= 0.6 is 0 Å². The molecule has 18 heavy (non-hydrogen) atoms. The molecule has 0 spiro atoms. The van der Waals surface area contributed by atoms with Gasteiger partial charge in [0.15, 0.2) is 0 Å². The molecule has 0 radical (unpaired) electrons. The number of rotatable bonds is 6. The SMILES string of the molecule is CCN1CCCC(C(C)NCCC2CCCO2)C1. The first-order chi connectivity index (χ1) is 8.79. The van der Waals surface area contributed by atoms with Crippen molar-refractivity contribution in [3.05, 3.63) is 0 Å². The zero-order valence-corrected chi connectivity index (χ0v) is 12.2. The molecule has 3 unspecified atom stereocenters. The lowest BCUT2D eigenvalue weighted by Gasteiger charge is -2.35. The van der Waals surface area contributed by atoms with Crippen molar-refractivity contribution in [2.24, 2.45) is 5.92 Å². The number of piperidine rings is 1. The van der Waals surface area contributed by atoms with Crippen LogP contribution in [-0.4, -0.2) is 49.8 Å². The minimum atomic E-state index is 0.531. The molecule has 3 nitrogen and oxygen atoms in total. The van der Waals surface area contributed by atoms with Crippen molar-refractivity contribution < 1.29 is 4.74 Å². The summed E-state index contributed by atoms with van der Waals surface area (Å²) in [5.41, 5.74) is 0. The van der Waals surface area contributed by atoms with E-state index in [9.17, 15) is 0 Å². The zero-order valence-electron chi connectivity index (χ0n) is 12.2. The van der Waals surface area contributed by atoms with Crippen LogP contribution in [0.25, 0.3) is 0 Å². The second-order valence-electron chi connectivity index (χ2n) is 5.96. The summed E-state index contributed by atoms with van der Waals surface area (Å²) in [6.07, 6.45) is 7.01. The number of nitrogens with one attached hydrogen (secondary N) is 1. The van der Waals surface area contributed by atoms with Crippen molar-refractivity contribution in [1.29, 1.82) is 0 Å². The third-order valence-electron chi connectivity index (χ3n) is 4.65. The van der Waals surface area contributed by atoms with Gasteiger partial charge in [-0.25, -0.2) is 0 Å². The van der Waals surface area contributed by atoms with Crippen molar-refractivity contribution in [2.45, 2.75) is 58.1 Å². The van der Waals surface area contributed by atoms with E-state index in [4.69, 9.17) is 4.74 Å². The molecular weight excluding hydrogens is 224 g/mol. The Morgan fingerprint density at radius 3 is 2.94 bits per heavy atom. The Hall–Kier alpha value is -0.120. The average Bonchev–Trinajstić information content (AvgIpc) is 2.92. The Morgan fingerprint density at radius 1 is 1.33 bits per heavy atom. The van der Waals surface area contributed by atoms with E-state index in [2.05, 4.69) is 24.1 Å². The highest BCUT2D eigenvalue weighted by Gasteiger charge is 2.23. The van der Waals surface area contributed by atoms with Gasteiger partial charge in [-0.15, -0.1) is 0 Å². The molecule has 2 aliphatic heterocycles. The lowest BCUT2D eigenvalue weighted by Crippen LogP contribution is -2.44. The molecule has 2 heterocycles. The summed E-state index contributed by atoms with van der Waals surface area (Å²) in [6, 6.07) is 0.653. The smallest absolute Gasteiger partial charge is 0.0588 e. The van der Waals surface area contributed by atoms with Crippen LogP contribution in [0.15, 0.2) is 0 Å². The van der Waals surface area contributed by atoms with E-state index in [1.165, 1.54) is 51.7 Å². The molecule has 0 aromatic rings. The number of hydrogen-bond acceptors (Lipinski definition) is 3. The fourth-order valence-corrected chi connectivity index (χ4v) is 3.30. The monoisotopic (exact) mass is 254 g/mol. The van der Waals surface area contributed by atoms with Crippen LogP contribution in [0.2, 0.25) is 0 Å². The Kier molecular flexibility index (Phi) is 5.93. The molecule has 3 atom stereocenters. The van der Waals surface area contributed by atoms with Gasteiger partial charge in [0, 0.05) is 19.2 Å². The average molecular weight is 254 g/mol. The number of ether oxygens (including phenoxy) is 1. The molecule has 106 valence electrons. The minimum Gasteiger partial charge on any atom is -0.378 e. The fraction of sp³-hybridized carbons (Fsp3) is 1.00. The Balaban J connectivity index is 1.62. The van der Waals surface area contributed by atoms with Crippen molar-refractivity contribution in [1.82, 2.24) is 10.2 Å². The maximum atomic E-state index is 5.67. The lowest BCUT2D eigenvalue weighted by molar-refractivity contribution is 0.101. The van der Waals surface area contributed by atoms with Crippen LogP contribution in [0.1, 0.15) is 46.0 Å². The van der Waals surface area contributed by atoms with E-state index in [1.807, 2.05) is 0 Å². The predicted octanol–water partition coefficient (Wildman–Crippen LogP) is 2.27. The molecule has 0 aromatic heterocycles. The van der Waals surface area contributed by atoms with Gasteiger partial charge >= 0.3 is 0 Å². The third kappa shape index (κ3) is 4.22. The molecule has 2 fully saturated rings. The normalized spacial score (nSPS) is 31.7. The number of likely N-dealkylation sites (tertiary alicyclic amines) is 1. The van der Waals surface area contributed by atoms with Gasteiger partial charge in [-0.05, 0) is 64.6 Å². The molecule has 0 aromatic carbocycles. The highest BCUT2D eigenvalue weighted by molar-refractivity contribution is 4.80. The van der Waals surface area contributed by atoms with Gasteiger partial charge in [-0.3, -0.25) is 0 Å². The quantitative estimate of drug-likeness (QED) is 0.787. The van der Waals surface area contributed by atoms with Gasteiger partial charge in [-0.2, -0.15) is 0 Å². The van der Waals surface area contributed by atoms with Crippen LogP contribution in [0.4, 0.5) is 0 Å². The van der Waals surface area contributed by atoms with E-state index in [-0.39, 0.29) is 0 Å². The standard InChI is InChI=1S/C15H30N2O/c1-3-17-10-4-6-14(12-17)13(2)16-9-8-15-7-5-11-18-15/h13-16H,3-12H2,1-2H3. The van der Waals surface area contributed by atoms with Gasteiger partial charge in [0.1, 0.15) is 0 Å². The Morgan fingerprint density at radius 2 is 2.22 bits per heavy atom. The van der Waals surface area contributed by atoms with E-state index in [0.717, 1.165) is 19.1 Å². The molecule has 0 saturated carbocycles. The van der Waals surface area contributed by atoms with Crippen LogP contribution in [0.3, 0.4) is 0 Å². The van der Waals surface area contributed by atoms with E-state index in [1.54, 1.807) is 0 Å². The first-order valence-electron chi connectivity index (χ1n) is 7.87. The molecule has 0 bridgehead atoms. The van der Waals surface area contributed by atoms with E-state index in [0.29, 0.717) is 12.1 Å². The fourth-order valence-electron chi connectivity index (χ4n) is 3.30. The van der Waals surface area contributed by atoms with Crippen molar-refractivity contribution in [3.8, 4) is 0 Å². The van der Waals surface area contributed by atoms with Gasteiger partial charge in [0.25, 0.3) is 0 Å². The second kappa shape index (κ2) is 7.46. The van der Waals surface area contributed by atoms with Crippen LogP contribution in [-0.2, 0) is 4.74 Å². The maximum absolute atomic E-state index is 5.67. The molecular formula is C15H30N2O. The van der Waals surface area contributed by atoms with Crippen LogP contribution in [0.5, 0.6) is 0 Å². The van der Waals surface area contributed by atoms with Crippen LogP contribution < -0.4 is 5.32 Å². The Labute approximate surface area is 112 Å². The summed E-state index contributed by atoms with van der Waals surface area (Å²) in [4.78, 5) is 2.59. The summed E-state index contributed by atoms with van der Waals surface area (Å²) in [6.45, 7) is 10.5. The maximum Gasteiger partial charge on any atom is 0.0588 e. The highest BCUT2D eigenvalue weighted by atomic mass is 16.5. The van der Waals surface area contributed by atoms with Gasteiger partial charge < -0.3 is 15.0 Å². The lowest BCUT2D eigenvalue weighted by atomic mass is 9.91. The summed E-state index contributed by atoms with van der Waals surface area (Å²) in [7, 11) is 0. The predicted molar refractivity (Wildman–Crippen MR) is 75.9 cm³/mol. The molecule has 2 saturated heterocycles. The molecule has 0 amide bonds. The summed E-state index contributed by atoms with van der Waals surface area (Å²) >= 11 is 0. The van der Waals surface area contributed by atoms with Crippen molar-refractivity contribution in [2.75, 3.05) is 32.8 Å². The molecule has 2 rings (SSSR count). The van der Waals surface area contributed by atoms with E-state index < -0.39 is 0 Å². The van der Waals surface area contributed by atoms with Gasteiger partial charge in [-0.1, -0.05) is 6.92 Å². The number of nitrogens with zero attached hydrogens (tertiary/aromatic N) is 1. The molecule has 2 aliphatic rings. The first-order valence-corrected chi connectivity index (χ1v) is 7.87. The summed E-state index contributed by atoms with van der Waals surface area (Å²) in [5, 5.41) is 3.72. The van der Waals surface area contributed by atoms with Gasteiger partial charge in [0.05, 0.1) is 6.10 Å². The first kappa shape index (κ1) is 14.3. The van der Waals surface area contributed by atoms with Crippen molar-refractivity contribution in [3.63, 3.8) is 0 Å². The van der Waals surface area contributed by atoms with Crippen LogP contribution in [0, 0.1) is 5.92 Å². The largest absolute Gasteiger partial charge is 0.378 e. The Bertz CT molecular complexity index is 229.